The zero-order valence-electron chi connectivity index (χ0n) is 15.1. The van der Waals surface area contributed by atoms with Gasteiger partial charge in [-0.1, -0.05) is 0 Å². The molecule has 22 heavy (non-hydrogen) atoms. The zero-order valence-corrected chi connectivity index (χ0v) is 17.4. The number of ether oxygens (including phenoxy) is 1. The number of piperidine rings is 1. The van der Waals surface area contributed by atoms with Crippen molar-refractivity contribution in [1.29, 1.82) is 0 Å². The lowest BCUT2D eigenvalue weighted by Gasteiger charge is -2.35. The average molecular weight is 426 g/mol. The van der Waals surface area contributed by atoms with E-state index in [1.165, 1.54) is 25.9 Å². The predicted octanol–water partition coefficient (Wildman–Crippen LogP) is 2.31. The number of hydrogen-bond donors (Lipinski definition) is 2. The van der Waals surface area contributed by atoms with E-state index >= 15 is 0 Å². The summed E-state index contributed by atoms with van der Waals surface area (Å²) in [6, 6.07) is 0.646. The first-order valence-corrected chi connectivity index (χ1v) is 8.11. The van der Waals surface area contributed by atoms with Gasteiger partial charge in [-0.2, -0.15) is 0 Å². The van der Waals surface area contributed by atoms with Gasteiger partial charge < -0.3 is 20.3 Å². The second-order valence-corrected chi connectivity index (χ2v) is 6.87. The third-order valence-corrected chi connectivity index (χ3v) is 4.30. The van der Waals surface area contributed by atoms with Crippen molar-refractivity contribution in [1.82, 2.24) is 15.5 Å². The van der Waals surface area contributed by atoms with Crippen molar-refractivity contribution < 1.29 is 4.74 Å². The van der Waals surface area contributed by atoms with Crippen molar-refractivity contribution in [2.45, 2.75) is 52.2 Å². The molecule has 0 amide bonds. The molecule has 0 radical (unpaired) electrons. The number of nitrogens with zero attached hydrogens (tertiary/aromatic N) is 2. The van der Waals surface area contributed by atoms with Gasteiger partial charge in [0.1, 0.15) is 0 Å². The Morgan fingerprint density at radius 1 is 1.36 bits per heavy atom. The van der Waals surface area contributed by atoms with Crippen LogP contribution in [0.25, 0.3) is 0 Å². The van der Waals surface area contributed by atoms with Crippen molar-refractivity contribution in [3.05, 3.63) is 0 Å². The quantitative estimate of drug-likeness (QED) is 0.389. The highest BCUT2D eigenvalue weighted by molar-refractivity contribution is 14.0. The molecule has 132 valence electrons. The summed E-state index contributed by atoms with van der Waals surface area (Å²) in [6.07, 6.45) is 2.60. The molecule has 0 aromatic carbocycles. The minimum absolute atomic E-state index is 0. The molecule has 0 bridgehead atoms. The van der Waals surface area contributed by atoms with Crippen LogP contribution in [0, 0.1) is 5.92 Å². The number of nitrogens with one attached hydrogen (secondary N) is 2. The van der Waals surface area contributed by atoms with Crippen LogP contribution in [0.1, 0.15) is 40.5 Å². The minimum atomic E-state index is -0.184. The summed E-state index contributed by atoms with van der Waals surface area (Å²) in [5.74, 6) is 1.57. The summed E-state index contributed by atoms with van der Waals surface area (Å²) >= 11 is 0. The SMILES string of the molecule is CN=C(NCC1CCCN(C(C)C)C1)NCC(C)(C)OC.I. The lowest BCUT2D eigenvalue weighted by atomic mass is 9.97. The molecule has 0 aliphatic carbocycles. The van der Waals surface area contributed by atoms with Gasteiger partial charge >= 0.3 is 0 Å². The molecule has 0 aromatic heterocycles. The molecule has 1 aliphatic heterocycles. The Labute approximate surface area is 153 Å². The van der Waals surface area contributed by atoms with Crippen molar-refractivity contribution >= 4 is 29.9 Å². The summed E-state index contributed by atoms with van der Waals surface area (Å²) in [5, 5.41) is 6.79. The van der Waals surface area contributed by atoms with Crippen LogP contribution in [0.15, 0.2) is 4.99 Å². The number of likely N-dealkylation sites (tertiary alicyclic amines) is 1. The number of aliphatic imine (C=N–C) groups is 1. The van der Waals surface area contributed by atoms with E-state index in [9.17, 15) is 0 Å². The van der Waals surface area contributed by atoms with Crippen molar-refractivity contribution in [2.75, 3.05) is 40.3 Å². The van der Waals surface area contributed by atoms with Crippen molar-refractivity contribution in [3.63, 3.8) is 0 Å². The Bertz CT molecular complexity index is 334. The molecule has 1 atom stereocenters. The smallest absolute Gasteiger partial charge is 0.191 e. The zero-order chi connectivity index (χ0) is 15.9. The number of methoxy groups -OCH3 is 1. The van der Waals surface area contributed by atoms with Gasteiger partial charge in [-0.05, 0) is 53.0 Å². The number of hydrogen-bond acceptors (Lipinski definition) is 3. The van der Waals surface area contributed by atoms with Gasteiger partial charge in [0.2, 0.25) is 0 Å². The van der Waals surface area contributed by atoms with Gasteiger partial charge in [-0.3, -0.25) is 4.99 Å². The normalized spacial score (nSPS) is 20.7. The van der Waals surface area contributed by atoms with Crippen LogP contribution in [0.2, 0.25) is 0 Å². The van der Waals surface area contributed by atoms with Gasteiger partial charge in [-0.15, -0.1) is 24.0 Å². The first-order chi connectivity index (χ1) is 9.88. The molecule has 0 spiro atoms. The Balaban J connectivity index is 0.00000441. The van der Waals surface area contributed by atoms with Gasteiger partial charge in [0.25, 0.3) is 0 Å². The lowest BCUT2D eigenvalue weighted by Crippen LogP contribution is -2.48. The number of guanidine groups is 1. The molecule has 1 fully saturated rings. The first-order valence-electron chi connectivity index (χ1n) is 8.11. The predicted molar refractivity (Wildman–Crippen MR) is 105 cm³/mol. The average Bonchev–Trinajstić information content (AvgIpc) is 2.47. The van der Waals surface area contributed by atoms with E-state index in [0.29, 0.717) is 12.0 Å². The molecule has 5 nitrogen and oxygen atoms in total. The Kier molecular flexibility index (Phi) is 10.6. The molecule has 1 heterocycles. The van der Waals surface area contributed by atoms with E-state index in [2.05, 4.69) is 48.2 Å². The highest BCUT2D eigenvalue weighted by atomic mass is 127. The summed E-state index contributed by atoms with van der Waals surface area (Å²) in [4.78, 5) is 6.86. The summed E-state index contributed by atoms with van der Waals surface area (Å²) < 4.78 is 5.42. The van der Waals surface area contributed by atoms with E-state index in [1.807, 2.05) is 7.05 Å². The van der Waals surface area contributed by atoms with Crippen LogP contribution in [-0.4, -0.2) is 62.8 Å². The monoisotopic (exact) mass is 426 g/mol. The van der Waals surface area contributed by atoms with Gasteiger partial charge in [0.15, 0.2) is 5.96 Å². The molecular weight excluding hydrogens is 391 g/mol. The molecule has 0 aromatic rings. The van der Waals surface area contributed by atoms with Crippen LogP contribution < -0.4 is 10.6 Å². The molecule has 1 aliphatic rings. The molecule has 1 rings (SSSR count). The van der Waals surface area contributed by atoms with Gasteiger partial charge in [-0.25, -0.2) is 0 Å². The fourth-order valence-electron chi connectivity index (χ4n) is 2.56. The first kappa shape index (κ1) is 21.9. The largest absolute Gasteiger partial charge is 0.377 e. The van der Waals surface area contributed by atoms with Crippen LogP contribution in [0.3, 0.4) is 0 Å². The second kappa shape index (κ2) is 10.6. The molecule has 1 unspecified atom stereocenters. The van der Waals surface area contributed by atoms with Gasteiger partial charge in [0.05, 0.1) is 5.60 Å². The third-order valence-electron chi connectivity index (χ3n) is 4.30. The second-order valence-electron chi connectivity index (χ2n) is 6.87. The molecule has 1 saturated heterocycles. The molecule has 6 heteroatoms. The summed E-state index contributed by atoms with van der Waals surface area (Å²) in [5.41, 5.74) is -0.184. The lowest BCUT2D eigenvalue weighted by molar-refractivity contribution is 0.0268. The third kappa shape index (κ3) is 7.97. The molecule has 0 saturated carbocycles. The van der Waals surface area contributed by atoms with E-state index in [-0.39, 0.29) is 29.6 Å². The minimum Gasteiger partial charge on any atom is -0.377 e. The maximum atomic E-state index is 5.42. The highest BCUT2D eigenvalue weighted by Crippen LogP contribution is 2.17. The number of rotatable bonds is 6. The topological polar surface area (TPSA) is 48.9 Å². The summed E-state index contributed by atoms with van der Waals surface area (Å²) in [7, 11) is 3.55. The van der Waals surface area contributed by atoms with Crippen LogP contribution >= 0.6 is 24.0 Å². The number of halogens is 1. The van der Waals surface area contributed by atoms with E-state index in [1.54, 1.807) is 7.11 Å². The fourth-order valence-corrected chi connectivity index (χ4v) is 2.56. The molecular formula is C16H35IN4O. The Hall–Kier alpha value is -0.0800. The van der Waals surface area contributed by atoms with E-state index < -0.39 is 0 Å². The van der Waals surface area contributed by atoms with Crippen LogP contribution in [0.5, 0.6) is 0 Å². The van der Waals surface area contributed by atoms with Crippen LogP contribution in [-0.2, 0) is 4.74 Å². The van der Waals surface area contributed by atoms with Crippen LogP contribution in [0.4, 0.5) is 0 Å². The maximum Gasteiger partial charge on any atom is 0.191 e. The Morgan fingerprint density at radius 3 is 2.59 bits per heavy atom. The van der Waals surface area contributed by atoms with E-state index in [0.717, 1.165) is 19.0 Å². The van der Waals surface area contributed by atoms with Crippen molar-refractivity contribution in [3.8, 4) is 0 Å². The van der Waals surface area contributed by atoms with Gasteiger partial charge in [0, 0.05) is 39.8 Å². The highest BCUT2D eigenvalue weighted by Gasteiger charge is 2.22. The summed E-state index contributed by atoms with van der Waals surface area (Å²) in [6.45, 7) is 12.8. The Morgan fingerprint density at radius 2 is 2.05 bits per heavy atom. The maximum absolute atomic E-state index is 5.42. The fraction of sp³-hybridized carbons (Fsp3) is 0.938. The van der Waals surface area contributed by atoms with Crippen molar-refractivity contribution in [2.24, 2.45) is 10.9 Å². The standard InChI is InChI=1S/C16H34N4O.HI/c1-13(2)20-9-7-8-14(11-20)10-18-15(17-5)19-12-16(3,4)21-6;/h13-14H,7-12H2,1-6H3,(H2,17,18,19);1H. The van der Waals surface area contributed by atoms with E-state index in [4.69, 9.17) is 4.74 Å². The molecule has 2 N–H and O–H groups in total.